The van der Waals surface area contributed by atoms with E-state index in [1.165, 1.54) is 6.92 Å². The van der Waals surface area contributed by atoms with Gasteiger partial charge in [0.05, 0.1) is 17.5 Å². The summed E-state index contributed by atoms with van der Waals surface area (Å²) in [6.07, 6.45) is 5.82. The van der Waals surface area contributed by atoms with Crippen LogP contribution >= 0.6 is 27.3 Å². The van der Waals surface area contributed by atoms with E-state index in [1.807, 2.05) is 28.5 Å². The second kappa shape index (κ2) is 9.63. The highest BCUT2D eigenvalue weighted by molar-refractivity contribution is 9.10. The van der Waals surface area contributed by atoms with Crippen LogP contribution < -0.4 is 4.74 Å². The van der Waals surface area contributed by atoms with E-state index < -0.39 is 17.1 Å². The third-order valence-electron chi connectivity index (χ3n) is 9.21. The van der Waals surface area contributed by atoms with Crippen LogP contribution in [0.25, 0.3) is 6.08 Å². The molecule has 5 atom stereocenters. The maximum atomic E-state index is 13.9. The molecule has 7 nitrogen and oxygen atoms in total. The van der Waals surface area contributed by atoms with E-state index in [4.69, 9.17) is 9.47 Å². The predicted octanol–water partition coefficient (Wildman–Crippen LogP) is 5.14. The first-order chi connectivity index (χ1) is 18.6. The van der Waals surface area contributed by atoms with Crippen LogP contribution in [0.1, 0.15) is 56.0 Å². The Balaban J connectivity index is 1.47. The first kappa shape index (κ1) is 26.8. The fraction of sp³-hybridized carbons (Fsp3) is 0.533. The molecule has 1 aromatic carbocycles. The first-order valence-electron chi connectivity index (χ1n) is 13.7. The van der Waals surface area contributed by atoms with Gasteiger partial charge in [0, 0.05) is 39.8 Å². The van der Waals surface area contributed by atoms with E-state index in [0.29, 0.717) is 25.1 Å². The van der Waals surface area contributed by atoms with E-state index in [0.717, 1.165) is 39.9 Å². The van der Waals surface area contributed by atoms with Gasteiger partial charge in [0.15, 0.2) is 11.5 Å². The van der Waals surface area contributed by atoms with Gasteiger partial charge in [-0.05, 0) is 84.9 Å². The molecule has 0 radical (unpaired) electrons. The van der Waals surface area contributed by atoms with Crippen molar-refractivity contribution in [3.05, 3.63) is 50.1 Å². The number of likely N-dealkylation sites (tertiary alicyclic amines) is 1. The monoisotopic (exact) mass is 614 g/mol. The quantitative estimate of drug-likeness (QED) is 0.359. The topological polar surface area (TPSA) is 79.3 Å². The van der Waals surface area contributed by atoms with Crippen LogP contribution in [0.3, 0.4) is 0 Å². The van der Waals surface area contributed by atoms with Crippen molar-refractivity contribution in [3.63, 3.8) is 0 Å². The summed E-state index contributed by atoms with van der Waals surface area (Å²) in [5, 5.41) is 13.0. The van der Waals surface area contributed by atoms with Crippen molar-refractivity contribution in [2.45, 2.75) is 75.7 Å². The second-order valence-electron chi connectivity index (χ2n) is 11.9. The highest BCUT2D eigenvalue weighted by Gasteiger charge is 2.75. The average Bonchev–Trinajstić information content (AvgIpc) is 3.45. The number of rotatable bonds is 6. The summed E-state index contributed by atoms with van der Waals surface area (Å²) in [5.74, 6) is 0.498. The second-order valence-corrected chi connectivity index (χ2v) is 13.7. The van der Waals surface area contributed by atoms with Crippen LogP contribution in [0.5, 0.6) is 11.5 Å². The molecule has 0 unspecified atom stereocenters. The summed E-state index contributed by atoms with van der Waals surface area (Å²) in [7, 11) is 2.11. The Morgan fingerprint density at radius 3 is 2.85 bits per heavy atom. The maximum Gasteiger partial charge on any atom is 0.303 e. The molecule has 3 heterocycles. The summed E-state index contributed by atoms with van der Waals surface area (Å²) in [6, 6.07) is 5.47. The van der Waals surface area contributed by atoms with Crippen molar-refractivity contribution in [3.8, 4) is 11.5 Å². The van der Waals surface area contributed by atoms with Gasteiger partial charge < -0.3 is 19.5 Å². The standard InChI is InChI=1S/C30H35BrN2O5S/c1-17(2)15-33(25(36)8-6-21-14-20(31)16-39-21)22-9-10-30(38-18(3)34)24-13-19-5-7-23(35)27-26(19)29(30,28(22)37-27)11-12-32(24)4/h5-8,14,16-17,22,24,28,35H,9-13,15H2,1-4H3/b8-6+/t22-,24+,28-,29-,30+/m0/s1. The van der Waals surface area contributed by atoms with E-state index in [9.17, 15) is 14.7 Å². The summed E-state index contributed by atoms with van der Waals surface area (Å²) in [5.41, 5.74) is 0.692. The molecule has 208 valence electrons. The lowest BCUT2D eigenvalue weighted by Gasteiger charge is -2.65. The number of likely N-dealkylation sites (N-methyl/N-ethyl adjacent to an activating group) is 1. The van der Waals surface area contributed by atoms with Crippen LogP contribution in [-0.4, -0.2) is 70.7 Å². The van der Waals surface area contributed by atoms with E-state index in [1.54, 1.807) is 23.5 Å². The number of esters is 1. The SMILES string of the molecule is CC(=O)O[C@@]12CC[C@H](N(CC(C)C)C(=O)/C=C/c3cc(Br)cs3)[C@@H]3Oc4c(O)ccc5c4[C@@]31CCN(C)[C@@H]2C5. The number of hydrogen-bond acceptors (Lipinski definition) is 7. The number of benzene rings is 1. The van der Waals surface area contributed by atoms with Crippen molar-refractivity contribution in [1.82, 2.24) is 9.80 Å². The van der Waals surface area contributed by atoms with E-state index in [-0.39, 0.29) is 35.6 Å². The van der Waals surface area contributed by atoms with Crippen LogP contribution in [-0.2, 0) is 26.2 Å². The van der Waals surface area contributed by atoms with Crippen LogP contribution in [0.15, 0.2) is 34.1 Å². The minimum absolute atomic E-state index is 0.00313. The Morgan fingerprint density at radius 1 is 1.36 bits per heavy atom. The van der Waals surface area contributed by atoms with E-state index in [2.05, 4.69) is 41.7 Å². The molecule has 1 amide bonds. The Hall–Kier alpha value is -2.36. The molecule has 2 fully saturated rings. The number of nitrogens with zero attached hydrogens (tertiary/aromatic N) is 2. The van der Waals surface area contributed by atoms with Crippen LogP contribution in [0.4, 0.5) is 0 Å². The molecule has 1 aromatic heterocycles. The number of ether oxygens (including phenoxy) is 2. The molecule has 1 spiro atoms. The molecular weight excluding hydrogens is 580 g/mol. The number of amides is 1. The summed E-state index contributed by atoms with van der Waals surface area (Å²) in [4.78, 5) is 31.8. The lowest BCUT2D eigenvalue weighted by molar-refractivity contribution is -0.221. The number of carbonyl (C=O) groups is 2. The number of halogens is 1. The third kappa shape index (κ3) is 3.98. The first-order valence-corrected chi connectivity index (χ1v) is 15.4. The fourth-order valence-corrected chi connectivity index (χ4v) is 9.26. The molecule has 6 rings (SSSR count). The predicted molar refractivity (Wildman–Crippen MR) is 154 cm³/mol. The number of piperidine rings is 1. The number of carbonyl (C=O) groups excluding carboxylic acids is 2. The molecule has 2 aliphatic carbocycles. The maximum absolute atomic E-state index is 13.9. The number of phenols is 1. The largest absolute Gasteiger partial charge is 0.504 e. The van der Waals surface area contributed by atoms with Crippen molar-refractivity contribution >= 4 is 45.2 Å². The normalized spacial score (nSPS) is 30.8. The van der Waals surface area contributed by atoms with E-state index >= 15 is 0 Å². The molecule has 2 aromatic rings. The minimum atomic E-state index is -0.787. The minimum Gasteiger partial charge on any atom is -0.504 e. The van der Waals surface area contributed by atoms with Gasteiger partial charge in [0.1, 0.15) is 11.7 Å². The Labute approximate surface area is 241 Å². The summed E-state index contributed by atoms with van der Waals surface area (Å²) in [6.45, 7) is 7.12. The van der Waals surface area contributed by atoms with Gasteiger partial charge >= 0.3 is 5.97 Å². The zero-order valence-electron chi connectivity index (χ0n) is 22.8. The molecule has 1 N–H and O–H groups in total. The number of aromatic hydroxyl groups is 1. The fourth-order valence-electron chi connectivity index (χ4n) is 7.93. The van der Waals surface area contributed by atoms with Crippen LogP contribution in [0.2, 0.25) is 0 Å². The van der Waals surface area contributed by atoms with Crippen molar-refractivity contribution in [1.29, 1.82) is 0 Å². The zero-order chi connectivity index (χ0) is 27.7. The molecule has 39 heavy (non-hydrogen) atoms. The number of hydrogen-bond donors (Lipinski definition) is 1. The van der Waals surface area contributed by atoms with Gasteiger partial charge in [0.25, 0.3) is 0 Å². The van der Waals surface area contributed by atoms with Gasteiger partial charge in [-0.25, -0.2) is 0 Å². The van der Waals surface area contributed by atoms with Crippen molar-refractivity contribution < 1.29 is 24.2 Å². The zero-order valence-corrected chi connectivity index (χ0v) is 25.2. The van der Waals surface area contributed by atoms with Crippen molar-refractivity contribution in [2.24, 2.45) is 5.92 Å². The van der Waals surface area contributed by atoms with Crippen molar-refractivity contribution in [2.75, 3.05) is 20.1 Å². The molecule has 1 saturated carbocycles. The lowest BCUT2D eigenvalue weighted by atomic mass is 9.48. The smallest absolute Gasteiger partial charge is 0.303 e. The molecule has 2 aliphatic heterocycles. The van der Waals surface area contributed by atoms with Gasteiger partial charge in [-0.3, -0.25) is 14.5 Å². The molecule has 9 heteroatoms. The van der Waals surface area contributed by atoms with Gasteiger partial charge in [0.2, 0.25) is 5.91 Å². The highest BCUT2D eigenvalue weighted by Crippen LogP contribution is 2.67. The Bertz CT molecular complexity index is 1360. The number of thiophene rings is 1. The lowest BCUT2D eigenvalue weighted by Crippen LogP contribution is -2.79. The number of phenolic OH excluding ortho intramolecular Hbond substituents is 1. The third-order valence-corrected chi connectivity index (χ3v) is 10.9. The molecule has 1 saturated heterocycles. The summed E-state index contributed by atoms with van der Waals surface area (Å²) < 4.78 is 14.2. The average molecular weight is 616 g/mol. The summed E-state index contributed by atoms with van der Waals surface area (Å²) >= 11 is 5.06. The van der Waals surface area contributed by atoms with Gasteiger partial charge in [-0.1, -0.05) is 19.9 Å². The van der Waals surface area contributed by atoms with Gasteiger partial charge in [-0.15, -0.1) is 11.3 Å². The Kier molecular flexibility index (Phi) is 6.63. The molecule has 2 bridgehead atoms. The van der Waals surface area contributed by atoms with Crippen LogP contribution in [0, 0.1) is 5.92 Å². The highest BCUT2D eigenvalue weighted by atomic mass is 79.9. The van der Waals surface area contributed by atoms with Gasteiger partial charge in [-0.2, -0.15) is 0 Å². The molecule has 4 aliphatic rings. The molecular formula is C30H35BrN2O5S. The Morgan fingerprint density at radius 2 is 2.15 bits per heavy atom.